The first-order valence-electron chi connectivity index (χ1n) is 22.6. The van der Waals surface area contributed by atoms with Crippen molar-refractivity contribution in [1.29, 1.82) is 0 Å². The van der Waals surface area contributed by atoms with Crippen LogP contribution in [0, 0.1) is 23.7 Å². The Morgan fingerprint density at radius 1 is 0.444 bits per heavy atom. The van der Waals surface area contributed by atoms with Crippen LogP contribution in [0.2, 0.25) is 0 Å². The maximum atomic E-state index is 5.17. The molecular weight excluding hydrogens is 769 g/mol. The van der Waals surface area contributed by atoms with Crippen LogP contribution in [-0.2, 0) is 5.41 Å². The summed E-state index contributed by atoms with van der Waals surface area (Å²) in [5.41, 5.74) is 15.5. The number of pyridine rings is 2. The summed E-state index contributed by atoms with van der Waals surface area (Å²) in [4.78, 5) is 28.0. The second-order valence-corrected chi connectivity index (χ2v) is 18.6. The highest BCUT2D eigenvalue weighted by Crippen LogP contribution is 2.69. The van der Waals surface area contributed by atoms with Gasteiger partial charge in [0, 0.05) is 68.7 Å². The van der Waals surface area contributed by atoms with Crippen LogP contribution in [-0.4, -0.2) is 29.9 Å². The highest BCUT2D eigenvalue weighted by Gasteiger charge is 2.61. The van der Waals surface area contributed by atoms with E-state index >= 15 is 0 Å². The third-order valence-electron chi connectivity index (χ3n) is 15.4. The molecule has 4 aromatic heterocycles. The minimum absolute atomic E-state index is 0.134. The van der Waals surface area contributed by atoms with Crippen LogP contribution in [0.15, 0.2) is 164 Å². The number of benzene rings is 6. The summed E-state index contributed by atoms with van der Waals surface area (Å²) in [6, 6.07) is 51.3. The Morgan fingerprint density at radius 3 is 1.81 bits per heavy atom. The SMILES string of the molecule is c1cncc(-c2nc(-c3cccnc3)nc(-c3ccccc3-c3cc(-c4ccc5c(c4)-c4ccccc4C54C5CC6CC(C5)CC4C6)cc4c3[nH]c3ccc5ccccc5c34)n2)c1. The summed E-state index contributed by atoms with van der Waals surface area (Å²) >= 11 is 0. The van der Waals surface area contributed by atoms with Gasteiger partial charge in [-0.3, -0.25) is 9.97 Å². The second kappa shape index (κ2) is 13.3. The summed E-state index contributed by atoms with van der Waals surface area (Å²) < 4.78 is 0. The maximum absolute atomic E-state index is 5.17. The van der Waals surface area contributed by atoms with E-state index in [1.54, 1.807) is 35.9 Å². The third-order valence-corrected chi connectivity index (χ3v) is 15.4. The Kier molecular flexibility index (Phi) is 7.48. The van der Waals surface area contributed by atoms with E-state index in [0.717, 1.165) is 62.5 Å². The monoisotopic (exact) mass is 810 g/mol. The Labute approximate surface area is 365 Å². The van der Waals surface area contributed by atoms with E-state index in [9.17, 15) is 0 Å². The minimum Gasteiger partial charge on any atom is -0.354 e. The Hall–Kier alpha value is -7.31. The fourth-order valence-corrected chi connectivity index (χ4v) is 13.1. The molecule has 0 atom stereocenters. The van der Waals surface area contributed by atoms with Crippen molar-refractivity contribution in [2.24, 2.45) is 23.7 Å². The quantitative estimate of drug-likeness (QED) is 0.187. The number of rotatable bonds is 5. The predicted molar refractivity (Wildman–Crippen MR) is 253 cm³/mol. The lowest BCUT2D eigenvalue weighted by atomic mass is 9.43. The van der Waals surface area contributed by atoms with Gasteiger partial charge in [0.1, 0.15) is 0 Å². The smallest absolute Gasteiger partial charge is 0.165 e. The van der Waals surface area contributed by atoms with Gasteiger partial charge in [-0.25, -0.2) is 15.0 Å². The van der Waals surface area contributed by atoms with Gasteiger partial charge in [0.25, 0.3) is 0 Å². The molecule has 63 heavy (non-hydrogen) atoms. The molecule has 6 aromatic carbocycles. The van der Waals surface area contributed by atoms with Gasteiger partial charge in [-0.05, 0) is 154 Å². The molecule has 4 heterocycles. The average Bonchev–Trinajstić information content (AvgIpc) is 3.87. The van der Waals surface area contributed by atoms with Crippen molar-refractivity contribution in [3.8, 4) is 67.5 Å². The zero-order chi connectivity index (χ0) is 41.2. The predicted octanol–water partition coefficient (Wildman–Crippen LogP) is 13.5. The molecule has 4 bridgehead atoms. The molecule has 0 amide bonds. The van der Waals surface area contributed by atoms with Gasteiger partial charge in [0.2, 0.25) is 0 Å². The molecule has 15 rings (SSSR count). The van der Waals surface area contributed by atoms with Crippen LogP contribution in [0.3, 0.4) is 0 Å². The minimum atomic E-state index is 0.134. The Morgan fingerprint density at radius 2 is 1.08 bits per heavy atom. The van der Waals surface area contributed by atoms with E-state index in [0.29, 0.717) is 17.5 Å². The van der Waals surface area contributed by atoms with Crippen LogP contribution < -0.4 is 0 Å². The van der Waals surface area contributed by atoms with Gasteiger partial charge >= 0.3 is 0 Å². The van der Waals surface area contributed by atoms with Crippen molar-refractivity contribution in [3.05, 3.63) is 175 Å². The molecule has 5 aliphatic carbocycles. The van der Waals surface area contributed by atoms with Gasteiger partial charge in [0.15, 0.2) is 17.5 Å². The highest BCUT2D eigenvalue weighted by molar-refractivity contribution is 6.23. The summed E-state index contributed by atoms with van der Waals surface area (Å²) in [5, 5.41) is 4.90. The lowest BCUT2D eigenvalue weighted by molar-refractivity contribution is -0.0399. The van der Waals surface area contributed by atoms with E-state index in [2.05, 4.69) is 130 Å². The van der Waals surface area contributed by atoms with E-state index in [-0.39, 0.29) is 5.41 Å². The molecule has 0 aliphatic heterocycles. The van der Waals surface area contributed by atoms with Crippen molar-refractivity contribution in [1.82, 2.24) is 29.9 Å². The molecule has 1 spiro atoms. The number of H-pyrrole nitrogens is 1. The number of fused-ring (bicyclic) bond motifs is 8. The largest absolute Gasteiger partial charge is 0.354 e. The van der Waals surface area contributed by atoms with Crippen LogP contribution in [0.25, 0.3) is 100 Å². The van der Waals surface area contributed by atoms with Crippen molar-refractivity contribution in [2.75, 3.05) is 0 Å². The van der Waals surface area contributed by atoms with Gasteiger partial charge in [-0.2, -0.15) is 0 Å². The first kappa shape index (κ1) is 35.3. The molecular formula is C57H42N6. The standard InChI is InChI=1S/C57H42N6/c1-2-12-42-35(9-1)18-20-51-52(42)48-30-39(36-17-19-50-46(28-36)44-14-5-6-16-49(44)57(50)40-24-33-23-34(26-40)27-41(57)25-33)29-47(53(48)60-51)43-13-3-4-15-45(43)56-62-54(37-10-7-21-58-31-37)61-55(63-56)38-11-8-22-59-32-38/h1-22,28-34,40-41,60H,23-27H2. The number of aromatic amines is 1. The maximum Gasteiger partial charge on any atom is 0.165 e. The molecule has 6 heteroatoms. The molecule has 1 N–H and O–H groups in total. The number of hydrogen-bond donors (Lipinski definition) is 1. The molecule has 0 radical (unpaired) electrons. The summed E-state index contributed by atoms with van der Waals surface area (Å²) in [7, 11) is 0. The summed E-state index contributed by atoms with van der Waals surface area (Å²) in [6.45, 7) is 0. The number of aromatic nitrogens is 6. The number of hydrogen-bond acceptors (Lipinski definition) is 5. The van der Waals surface area contributed by atoms with Crippen molar-refractivity contribution < 1.29 is 0 Å². The van der Waals surface area contributed by atoms with Gasteiger partial charge in [-0.1, -0.05) is 91.0 Å². The molecule has 5 aliphatic rings. The lowest BCUT2D eigenvalue weighted by Gasteiger charge is -2.61. The fraction of sp³-hybridized carbons (Fsp3) is 0.175. The molecule has 300 valence electrons. The van der Waals surface area contributed by atoms with Crippen LogP contribution >= 0.6 is 0 Å². The second-order valence-electron chi connectivity index (χ2n) is 18.6. The van der Waals surface area contributed by atoms with E-state index in [1.807, 2.05) is 24.3 Å². The fourth-order valence-electron chi connectivity index (χ4n) is 13.1. The zero-order valence-electron chi connectivity index (χ0n) is 34.7. The van der Waals surface area contributed by atoms with Gasteiger partial charge < -0.3 is 4.98 Å². The first-order valence-corrected chi connectivity index (χ1v) is 22.6. The molecule has 4 saturated carbocycles. The van der Waals surface area contributed by atoms with Crippen LogP contribution in [0.1, 0.15) is 43.2 Å². The van der Waals surface area contributed by atoms with Crippen LogP contribution in [0.5, 0.6) is 0 Å². The molecule has 6 nitrogen and oxygen atoms in total. The van der Waals surface area contributed by atoms with Crippen molar-refractivity contribution in [2.45, 2.75) is 37.5 Å². The lowest BCUT2D eigenvalue weighted by Crippen LogP contribution is -2.55. The van der Waals surface area contributed by atoms with Gasteiger partial charge in [-0.15, -0.1) is 0 Å². The highest BCUT2D eigenvalue weighted by atomic mass is 15.0. The number of nitrogens with one attached hydrogen (secondary N) is 1. The summed E-state index contributed by atoms with van der Waals surface area (Å²) in [5.74, 6) is 5.00. The summed E-state index contributed by atoms with van der Waals surface area (Å²) in [6.07, 6.45) is 14.1. The third kappa shape index (κ3) is 5.15. The number of nitrogens with zero attached hydrogens (tertiary/aromatic N) is 5. The first-order chi connectivity index (χ1) is 31.2. The average molecular weight is 811 g/mol. The van der Waals surface area contributed by atoms with E-state index in [4.69, 9.17) is 15.0 Å². The molecule has 0 saturated heterocycles. The Balaban J connectivity index is 1.01. The Bertz CT molecular complexity index is 3400. The van der Waals surface area contributed by atoms with Crippen molar-refractivity contribution in [3.63, 3.8) is 0 Å². The molecule has 0 unspecified atom stereocenters. The molecule has 4 fully saturated rings. The zero-order valence-corrected chi connectivity index (χ0v) is 34.7. The molecule has 10 aromatic rings. The van der Waals surface area contributed by atoms with Crippen LogP contribution in [0.4, 0.5) is 0 Å². The van der Waals surface area contributed by atoms with E-state index < -0.39 is 0 Å². The van der Waals surface area contributed by atoms with Gasteiger partial charge in [0.05, 0.1) is 5.52 Å². The normalized spacial score (nSPS) is 21.7. The van der Waals surface area contributed by atoms with Crippen molar-refractivity contribution >= 4 is 32.6 Å². The van der Waals surface area contributed by atoms with E-state index in [1.165, 1.54) is 75.9 Å². The topological polar surface area (TPSA) is 80.2 Å².